The molecule has 1 fully saturated rings. The maximum Gasteiger partial charge on any atom is 0.200 e. The van der Waals surface area contributed by atoms with Crippen molar-refractivity contribution in [1.82, 2.24) is 34.4 Å². The maximum atomic E-state index is 14.4. The number of hydrogen-bond acceptors (Lipinski definition) is 8. The van der Waals surface area contributed by atoms with Crippen LogP contribution in [0, 0.1) is 5.82 Å². The summed E-state index contributed by atoms with van der Waals surface area (Å²) in [5, 5.41) is 17.0. The van der Waals surface area contributed by atoms with E-state index in [1.165, 1.54) is 12.4 Å². The third-order valence-electron chi connectivity index (χ3n) is 5.79. The Morgan fingerprint density at radius 1 is 1.03 bits per heavy atom. The van der Waals surface area contributed by atoms with Gasteiger partial charge in [-0.15, -0.1) is 5.10 Å². The molecule has 5 rings (SSSR count). The highest BCUT2D eigenvalue weighted by molar-refractivity contribution is 5.78. The zero-order valence-corrected chi connectivity index (χ0v) is 18.1. The molecule has 0 atom stereocenters. The van der Waals surface area contributed by atoms with Gasteiger partial charge in [-0.1, -0.05) is 6.07 Å². The predicted octanol–water partition coefficient (Wildman–Crippen LogP) is 2.18. The number of rotatable bonds is 7. The molecule has 1 aliphatic rings. The molecule has 0 aromatic carbocycles. The number of aliphatic hydroxyl groups excluding tert-OH is 1. The van der Waals surface area contributed by atoms with Crippen LogP contribution in [-0.2, 0) is 6.54 Å². The molecule has 0 unspecified atom stereocenters. The number of nitrogens with one attached hydrogen (secondary N) is 1. The summed E-state index contributed by atoms with van der Waals surface area (Å²) in [6.45, 7) is 5.26. The lowest BCUT2D eigenvalue weighted by molar-refractivity contribution is 0.109. The summed E-state index contributed by atoms with van der Waals surface area (Å²) in [6, 6.07) is 9.16. The summed E-state index contributed by atoms with van der Waals surface area (Å²) in [6.07, 6.45) is 6.30. The minimum Gasteiger partial charge on any atom is -0.395 e. The second kappa shape index (κ2) is 9.57. The highest BCUT2D eigenvalue weighted by Crippen LogP contribution is 2.28. The summed E-state index contributed by atoms with van der Waals surface area (Å²) < 4.78 is 16.2. The molecule has 1 aliphatic heterocycles. The van der Waals surface area contributed by atoms with E-state index in [2.05, 4.69) is 30.2 Å². The number of anilines is 2. The van der Waals surface area contributed by atoms with Crippen molar-refractivity contribution in [3.63, 3.8) is 0 Å². The first kappa shape index (κ1) is 21.4. The topological polar surface area (TPSA) is 94.7 Å². The Hall–Kier alpha value is -3.47. The fourth-order valence-electron chi connectivity index (χ4n) is 4.06. The van der Waals surface area contributed by atoms with Gasteiger partial charge in [0.25, 0.3) is 0 Å². The first-order valence-corrected chi connectivity index (χ1v) is 10.9. The van der Waals surface area contributed by atoms with E-state index >= 15 is 0 Å². The van der Waals surface area contributed by atoms with Crippen LogP contribution in [-0.4, -0.2) is 78.8 Å². The Morgan fingerprint density at radius 3 is 2.64 bits per heavy atom. The normalized spacial score (nSPS) is 15.2. The molecule has 0 bridgehead atoms. The number of aliphatic hydroxyl groups is 1. The summed E-state index contributed by atoms with van der Waals surface area (Å²) in [4.78, 5) is 17.5. The molecule has 0 aliphatic carbocycles. The highest BCUT2D eigenvalue weighted by atomic mass is 19.1. The zero-order valence-electron chi connectivity index (χ0n) is 18.1. The Balaban J connectivity index is 1.50. The number of nitrogens with zero attached hydrogens (tertiary/aromatic N) is 7. The van der Waals surface area contributed by atoms with E-state index in [0.29, 0.717) is 29.6 Å². The van der Waals surface area contributed by atoms with Gasteiger partial charge in [-0.3, -0.25) is 19.8 Å². The lowest BCUT2D eigenvalue weighted by Crippen LogP contribution is -2.46. The summed E-state index contributed by atoms with van der Waals surface area (Å²) >= 11 is 0. The van der Waals surface area contributed by atoms with Crippen LogP contribution in [0.4, 0.5) is 15.9 Å². The predicted molar refractivity (Wildman–Crippen MR) is 122 cm³/mol. The number of hydrogen-bond donors (Lipinski definition) is 2. The lowest BCUT2D eigenvalue weighted by atomic mass is 10.2. The maximum absolute atomic E-state index is 14.4. The van der Waals surface area contributed by atoms with Crippen LogP contribution in [0.2, 0.25) is 0 Å². The Kier molecular flexibility index (Phi) is 6.20. The van der Waals surface area contributed by atoms with Gasteiger partial charge < -0.3 is 10.4 Å². The summed E-state index contributed by atoms with van der Waals surface area (Å²) in [5.41, 5.74) is 2.77. The number of fused-ring (bicyclic) bond motifs is 1. The van der Waals surface area contributed by atoms with Crippen LogP contribution in [0.1, 0.15) is 5.56 Å². The molecule has 170 valence electrons. The molecular weight excluding hydrogens is 423 g/mol. The molecule has 9 nitrogen and oxygen atoms in total. The SMILES string of the molecule is OCCN1CCN(Cc2ccn3nc(-c4ccccn4)nc(Nc4ccncc4F)c23)CC1. The molecule has 10 heteroatoms. The van der Waals surface area contributed by atoms with E-state index in [1.54, 1.807) is 16.8 Å². The Morgan fingerprint density at radius 2 is 1.88 bits per heavy atom. The van der Waals surface area contributed by atoms with Crippen LogP contribution in [0.5, 0.6) is 0 Å². The number of pyridine rings is 2. The molecule has 2 N–H and O–H groups in total. The van der Waals surface area contributed by atoms with E-state index < -0.39 is 5.82 Å². The largest absolute Gasteiger partial charge is 0.395 e. The quantitative estimate of drug-likeness (QED) is 0.444. The number of halogens is 1. The van der Waals surface area contributed by atoms with Crippen LogP contribution in [0.25, 0.3) is 17.0 Å². The van der Waals surface area contributed by atoms with Gasteiger partial charge in [0.15, 0.2) is 11.6 Å². The lowest BCUT2D eigenvalue weighted by Gasteiger charge is -2.34. The van der Waals surface area contributed by atoms with Gasteiger partial charge in [0.1, 0.15) is 11.2 Å². The third-order valence-corrected chi connectivity index (χ3v) is 5.79. The number of β-amino-alcohol motifs (C(OH)–C–C–N with tert-alkyl or cyclic N) is 1. The minimum absolute atomic E-state index is 0.181. The van der Waals surface area contributed by atoms with Crippen molar-refractivity contribution in [1.29, 1.82) is 0 Å². The van der Waals surface area contributed by atoms with Crippen molar-refractivity contribution in [2.75, 3.05) is 44.6 Å². The molecule has 0 spiro atoms. The van der Waals surface area contributed by atoms with E-state index in [0.717, 1.165) is 43.8 Å². The molecule has 0 amide bonds. The van der Waals surface area contributed by atoms with E-state index in [4.69, 9.17) is 4.98 Å². The van der Waals surface area contributed by atoms with E-state index in [-0.39, 0.29) is 6.61 Å². The molecule has 0 radical (unpaired) electrons. The van der Waals surface area contributed by atoms with Crippen LogP contribution in [0.15, 0.2) is 55.1 Å². The number of aromatic nitrogens is 5. The van der Waals surface area contributed by atoms with Crippen molar-refractivity contribution < 1.29 is 9.50 Å². The van der Waals surface area contributed by atoms with Gasteiger partial charge in [0.05, 0.1) is 18.5 Å². The summed E-state index contributed by atoms with van der Waals surface area (Å²) in [5.74, 6) is 0.497. The molecule has 4 aromatic heterocycles. The van der Waals surface area contributed by atoms with Gasteiger partial charge in [0, 0.05) is 57.9 Å². The highest BCUT2D eigenvalue weighted by Gasteiger charge is 2.20. The number of piperazine rings is 1. The fraction of sp³-hybridized carbons (Fsp3) is 0.304. The van der Waals surface area contributed by atoms with Gasteiger partial charge in [-0.25, -0.2) is 13.9 Å². The molecule has 33 heavy (non-hydrogen) atoms. The molecule has 4 aromatic rings. The molecule has 1 saturated heterocycles. The molecule has 5 heterocycles. The minimum atomic E-state index is -0.457. The van der Waals surface area contributed by atoms with Crippen LogP contribution < -0.4 is 5.32 Å². The Labute approximate surface area is 190 Å². The monoisotopic (exact) mass is 448 g/mol. The molecular formula is C23H25FN8O. The first-order valence-electron chi connectivity index (χ1n) is 10.9. The van der Waals surface area contributed by atoms with Crippen molar-refractivity contribution in [2.24, 2.45) is 0 Å². The second-order valence-corrected chi connectivity index (χ2v) is 7.96. The van der Waals surface area contributed by atoms with E-state index in [9.17, 15) is 9.50 Å². The third kappa shape index (κ3) is 4.68. The standard InChI is InChI=1S/C23H25FN8O/c24-18-15-25-7-4-19(18)27-23-21-17(16-31-11-9-30(10-12-31)13-14-33)5-8-32(21)29-22(28-23)20-3-1-2-6-26-20/h1-8,15,33H,9-14,16H2,(H,25,27,28,29). The van der Waals surface area contributed by atoms with Crippen LogP contribution in [0.3, 0.4) is 0 Å². The average molecular weight is 449 g/mol. The average Bonchev–Trinajstić information content (AvgIpc) is 3.25. The van der Waals surface area contributed by atoms with Gasteiger partial charge in [0.2, 0.25) is 5.82 Å². The van der Waals surface area contributed by atoms with E-state index in [1.807, 2.05) is 30.5 Å². The van der Waals surface area contributed by atoms with Crippen molar-refractivity contribution in [2.45, 2.75) is 6.54 Å². The first-order chi connectivity index (χ1) is 16.2. The summed E-state index contributed by atoms with van der Waals surface area (Å²) in [7, 11) is 0. The fourth-order valence-corrected chi connectivity index (χ4v) is 4.06. The van der Waals surface area contributed by atoms with Crippen LogP contribution >= 0.6 is 0 Å². The zero-order chi connectivity index (χ0) is 22.6. The van der Waals surface area contributed by atoms with Gasteiger partial charge in [-0.2, -0.15) is 0 Å². The smallest absolute Gasteiger partial charge is 0.200 e. The van der Waals surface area contributed by atoms with Crippen molar-refractivity contribution in [3.8, 4) is 11.5 Å². The van der Waals surface area contributed by atoms with Gasteiger partial charge >= 0.3 is 0 Å². The molecule has 0 saturated carbocycles. The second-order valence-electron chi connectivity index (χ2n) is 7.96. The van der Waals surface area contributed by atoms with Crippen molar-refractivity contribution >= 4 is 17.0 Å². The van der Waals surface area contributed by atoms with Crippen molar-refractivity contribution in [3.05, 3.63) is 66.5 Å². The Bertz CT molecular complexity index is 1220. The van der Waals surface area contributed by atoms with Gasteiger partial charge in [-0.05, 0) is 29.8 Å².